The molecule has 1 aliphatic heterocycles. The Morgan fingerprint density at radius 2 is 1.87 bits per heavy atom. The number of hydrogen-bond donors (Lipinski definition) is 0. The third-order valence-corrected chi connectivity index (χ3v) is 5.88. The number of ether oxygens (including phenoxy) is 1. The van der Waals surface area contributed by atoms with E-state index in [2.05, 4.69) is 0 Å². The van der Waals surface area contributed by atoms with Crippen LogP contribution in [0.4, 0.5) is 0 Å². The molecule has 3 rings (SSSR count). The lowest BCUT2D eigenvalue weighted by Crippen LogP contribution is -2.46. The molecule has 1 saturated carbocycles. The summed E-state index contributed by atoms with van der Waals surface area (Å²) in [7, 11) is 1.40. The largest absolute Gasteiger partial charge is 0.467 e. The molecule has 3 unspecified atom stereocenters. The molecule has 0 spiro atoms. The van der Waals surface area contributed by atoms with Crippen molar-refractivity contribution in [2.24, 2.45) is 5.92 Å². The van der Waals surface area contributed by atoms with E-state index in [0.717, 1.165) is 30.6 Å². The van der Waals surface area contributed by atoms with E-state index in [-0.39, 0.29) is 17.9 Å². The fourth-order valence-electron chi connectivity index (χ4n) is 3.98. The molecule has 4 nitrogen and oxygen atoms in total. The molecule has 0 aromatic heterocycles. The highest BCUT2D eigenvalue weighted by Gasteiger charge is 2.48. The van der Waals surface area contributed by atoms with Gasteiger partial charge in [-0.15, -0.1) is 11.8 Å². The number of carbonyl (C=O) groups is 2. The monoisotopic (exact) mass is 333 g/mol. The number of nitrogens with zero attached hydrogens (tertiary/aromatic N) is 1. The van der Waals surface area contributed by atoms with Gasteiger partial charge in [0.1, 0.15) is 6.04 Å². The Morgan fingerprint density at radius 1 is 1.17 bits per heavy atom. The molecule has 5 heteroatoms. The lowest BCUT2D eigenvalue weighted by atomic mass is 9.84. The van der Waals surface area contributed by atoms with Crippen molar-refractivity contribution < 1.29 is 14.3 Å². The van der Waals surface area contributed by atoms with Crippen molar-refractivity contribution in [3.05, 3.63) is 29.8 Å². The van der Waals surface area contributed by atoms with Crippen molar-refractivity contribution in [3.63, 3.8) is 0 Å². The van der Waals surface area contributed by atoms with Crippen LogP contribution in [-0.4, -0.2) is 42.2 Å². The smallest absolute Gasteiger partial charge is 0.328 e. The number of carbonyl (C=O) groups excluding carboxylic acids is 2. The van der Waals surface area contributed by atoms with Gasteiger partial charge in [-0.05, 0) is 55.7 Å². The lowest BCUT2D eigenvalue weighted by Gasteiger charge is -2.33. The molecule has 1 aromatic rings. The van der Waals surface area contributed by atoms with E-state index in [0.29, 0.717) is 11.5 Å². The van der Waals surface area contributed by atoms with E-state index >= 15 is 0 Å². The van der Waals surface area contributed by atoms with Gasteiger partial charge in [-0.25, -0.2) is 4.79 Å². The zero-order chi connectivity index (χ0) is 16.4. The van der Waals surface area contributed by atoms with Crippen molar-refractivity contribution in [2.45, 2.75) is 49.1 Å². The Labute approximate surface area is 141 Å². The van der Waals surface area contributed by atoms with Crippen molar-refractivity contribution in [2.75, 3.05) is 13.4 Å². The van der Waals surface area contributed by atoms with E-state index in [4.69, 9.17) is 4.74 Å². The van der Waals surface area contributed by atoms with Gasteiger partial charge in [-0.1, -0.05) is 12.8 Å². The maximum Gasteiger partial charge on any atom is 0.328 e. The van der Waals surface area contributed by atoms with E-state index in [1.165, 1.54) is 13.5 Å². The Hall–Kier alpha value is -1.49. The van der Waals surface area contributed by atoms with Gasteiger partial charge in [0.25, 0.3) is 5.91 Å². The molecule has 124 valence electrons. The van der Waals surface area contributed by atoms with Crippen LogP contribution in [-0.2, 0) is 9.53 Å². The number of fused-ring (bicyclic) bond motifs is 1. The highest BCUT2D eigenvalue weighted by atomic mass is 32.2. The molecule has 1 saturated heterocycles. The average Bonchev–Trinajstić information content (AvgIpc) is 3.00. The molecule has 1 heterocycles. The van der Waals surface area contributed by atoms with Crippen LogP contribution in [0.15, 0.2) is 29.2 Å². The van der Waals surface area contributed by atoms with Crippen LogP contribution in [0.2, 0.25) is 0 Å². The van der Waals surface area contributed by atoms with Crippen LogP contribution in [0.25, 0.3) is 0 Å². The van der Waals surface area contributed by atoms with Gasteiger partial charge in [0.05, 0.1) is 7.11 Å². The first-order valence-corrected chi connectivity index (χ1v) is 9.42. The summed E-state index contributed by atoms with van der Waals surface area (Å²) in [6, 6.07) is 7.39. The van der Waals surface area contributed by atoms with E-state index < -0.39 is 6.04 Å². The third-order valence-electron chi connectivity index (χ3n) is 5.13. The molecular weight excluding hydrogens is 310 g/mol. The summed E-state index contributed by atoms with van der Waals surface area (Å²) in [5.41, 5.74) is 0.655. The Balaban J connectivity index is 1.88. The van der Waals surface area contributed by atoms with E-state index in [1.807, 2.05) is 35.4 Å². The summed E-state index contributed by atoms with van der Waals surface area (Å²) in [5, 5.41) is 0. The predicted octanol–water partition coefficient (Wildman–Crippen LogP) is 3.35. The number of rotatable bonds is 3. The number of thioether (sulfide) groups is 1. The van der Waals surface area contributed by atoms with E-state index in [9.17, 15) is 9.59 Å². The molecule has 1 aromatic carbocycles. The van der Waals surface area contributed by atoms with Gasteiger partial charge in [0.2, 0.25) is 0 Å². The molecule has 0 N–H and O–H groups in total. The predicted molar refractivity (Wildman–Crippen MR) is 90.6 cm³/mol. The topological polar surface area (TPSA) is 46.6 Å². The van der Waals surface area contributed by atoms with Gasteiger partial charge in [0, 0.05) is 16.5 Å². The summed E-state index contributed by atoms with van der Waals surface area (Å²) >= 11 is 1.65. The molecular formula is C18H23NO3S. The van der Waals surface area contributed by atoms with Crippen molar-refractivity contribution in [3.8, 4) is 0 Å². The van der Waals surface area contributed by atoms with Crippen LogP contribution in [0.1, 0.15) is 42.5 Å². The number of benzene rings is 1. The molecule has 0 bridgehead atoms. The lowest BCUT2D eigenvalue weighted by molar-refractivity contribution is -0.145. The first-order chi connectivity index (χ1) is 11.2. The molecule has 3 atom stereocenters. The maximum atomic E-state index is 13.0. The highest BCUT2D eigenvalue weighted by molar-refractivity contribution is 7.98. The first-order valence-electron chi connectivity index (χ1n) is 8.20. The van der Waals surface area contributed by atoms with Crippen LogP contribution < -0.4 is 0 Å². The van der Waals surface area contributed by atoms with Crippen LogP contribution in [0.3, 0.4) is 0 Å². The second kappa shape index (κ2) is 6.95. The van der Waals surface area contributed by atoms with Crippen molar-refractivity contribution >= 4 is 23.6 Å². The molecule has 0 radical (unpaired) electrons. The fraction of sp³-hybridized carbons (Fsp3) is 0.556. The zero-order valence-electron chi connectivity index (χ0n) is 13.7. The minimum atomic E-state index is -0.430. The van der Waals surface area contributed by atoms with Gasteiger partial charge < -0.3 is 9.64 Å². The average molecular weight is 333 g/mol. The van der Waals surface area contributed by atoms with Gasteiger partial charge >= 0.3 is 5.97 Å². The first kappa shape index (κ1) is 16.4. The van der Waals surface area contributed by atoms with E-state index in [1.54, 1.807) is 11.8 Å². The number of likely N-dealkylation sites (tertiary alicyclic amines) is 1. The highest BCUT2D eigenvalue weighted by Crippen LogP contribution is 2.40. The second-order valence-electron chi connectivity index (χ2n) is 6.33. The molecule has 1 aliphatic carbocycles. The number of amides is 1. The van der Waals surface area contributed by atoms with Gasteiger partial charge in [0.15, 0.2) is 0 Å². The number of esters is 1. The Morgan fingerprint density at radius 3 is 2.52 bits per heavy atom. The number of methoxy groups -OCH3 is 1. The maximum absolute atomic E-state index is 13.0. The summed E-state index contributed by atoms with van der Waals surface area (Å²) in [4.78, 5) is 28.2. The standard InChI is InChI=1S/C18H23NO3S/c1-22-18(21)16-11-13-5-3-4-6-15(13)19(16)17(20)12-7-9-14(23-2)10-8-12/h7-10,13,15-16H,3-6,11H2,1-2H3. The molecule has 2 aliphatic rings. The van der Waals surface area contributed by atoms with Crippen molar-refractivity contribution in [1.82, 2.24) is 4.90 Å². The third kappa shape index (κ3) is 3.11. The summed E-state index contributed by atoms with van der Waals surface area (Å²) in [6.07, 6.45) is 7.17. The second-order valence-corrected chi connectivity index (χ2v) is 7.21. The Kier molecular flexibility index (Phi) is 4.95. The zero-order valence-corrected chi connectivity index (χ0v) is 14.5. The van der Waals surface area contributed by atoms with Crippen LogP contribution in [0, 0.1) is 5.92 Å². The minimum absolute atomic E-state index is 0.0394. The fourth-order valence-corrected chi connectivity index (χ4v) is 4.39. The molecule has 23 heavy (non-hydrogen) atoms. The number of hydrogen-bond acceptors (Lipinski definition) is 4. The summed E-state index contributed by atoms with van der Waals surface area (Å²) < 4.78 is 4.96. The minimum Gasteiger partial charge on any atom is -0.467 e. The SMILES string of the molecule is COC(=O)C1CC2CCCCC2N1C(=O)c1ccc(SC)cc1. The quantitative estimate of drug-likeness (QED) is 0.629. The molecule has 2 fully saturated rings. The Bertz CT molecular complexity index is 586. The van der Waals surface area contributed by atoms with Gasteiger partial charge in [-0.3, -0.25) is 4.79 Å². The summed E-state index contributed by atoms with van der Waals surface area (Å²) in [6.45, 7) is 0. The summed E-state index contributed by atoms with van der Waals surface area (Å²) in [5.74, 6) is 0.109. The molecule has 1 amide bonds. The van der Waals surface area contributed by atoms with Gasteiger partial charge in [-0.2, -0.15) is 0 Å². The van der Waals surface area contributed by atoms with Crippen LogP contribution in [0.5, 0.6) is 0 Å². The normalized spacial score (nSPS) is 26.7. The van der Waals surface area contributed by atoms with Crippen molar-refractivity contribution in [1.29, 1.82) is 0 Å². The van der Waals surface area contributed by atoms with Crippen LogP contribution >= 0.6 is 11.8 Å².